The molecular weight excluding hydrogens is 178 g/mol. The molecule has 4 heteroatoms. The summed E-state index contributed by atoms with van der Waals surface area (Å²) in [5, 5.41) is 12.8. The molecule has 0 aliphatic heterocycles. The number of aliphatic hydroxyl groups is 1. The van der Waals surface area contributed by atoms with Crippen molar-refractivity contribution in [2.45, 2.75) is 32.4 Å². The van der Waals surface area contributed by atoms with E-state index in [1.54, 1.807) is 6.20 Å². The summed E-state index contributed by atoms with van der Waals surface area (Å²) in [5.41, 5.74) is -0.0645. The zero-order valence-corrected chi connectivity index (χ0v) is 8.44. The molecular formula is C10H15N3O. The Hall–Kier alpha value is -1.16. The van der Waals surface area contributed by atoms with Gasteiger partial charge in [-0.05, 0) is 12.5 Å². The van der Waals surface area contributed by atoms with Gasteiger partial charge in [-0.2, -0.15) is 0 Å². The molecule has 4 nitrogen and oxygen atoms in total. The van der Waals surface area contributed by atoms with Gasteiger partial charge in [0.25, 0.3) is 0 Å². The highest BCUT2D eigenvalue weighted by atomic mass is 16.3. The molecule has 1 aromatic heterocycles. The molecule has 0 bridgehead atoms. The second kappa shape index (κ2) is 3.20. The Kier molecular flexibility index (Phi) is 2.15. The van der Waals surface area contributed by atoms with E-state index in [-0.39, 0.29) is 11.5 Å². The monoisotopic (exact) mass is 193 g/mol. The summed E-state index contributed by atoms with van der Waals surface area (Å²) in [6, 6.07) is 2.13. The predicted octanol–water partition coefficient (Wildman–Crippen LogP) is 1.05. The molecule has 1 aliphatic rings. The van der Waals surface area contributed by atoms with Gasteiger partial charge in [0.15, 0.2) is 0 Å². The molecule has 0 saturated heterocycles. The third-order valence-corrected chi connectivity index (χ3v) is 3.12. The summed E-state index contributed by atoms with van der Waals surface area (Å²) < 4.78 is 0. The lowest BCUT2D eigenvalue weighted by Crippen LogP contribution is -2.57. The zero-order chi connectivity index (χ0) is 10.2. The van der Waals surface area contributed by atoms with Crippen LogP contribution in [0.1, 0.15) is 20.3 Å². The van der Waals surface area contributed by atoms with E-state index in [4.69, 9.17) is 0 Å². The molecule has 1 saturated carbocycles. The van der Waals surface area contributed by atoms with Gasteiger partial charge in [-0.25, -0.2) is 9.97 Å². The van der Waals surface area contributed by atoms with Crippen LogP contribution in [0.4, 0.5) is 5.82 Å². The maximum atomic E-state index is 9.55. The Labute approximate surface area is 83.4 Å². The van der Waals surface area contributed by atoms with E-state index in [9.17, 15) is 5.11 Å². The Bertz CT molecular complexity index is 312. The summed E-state index contributed by atoms with van der Waals surface area (Å²) in [5.74, 6) is 0.824. The fourth-order valence-electron chi connectivity index (χ4n) is 1.70. The molecule has 1 heterocycles. The Morgan fingerprint density at radius 3 is 2.86 bits per heavy atom. The molecule has 0 amide bonds. The second-order valence-electron chi connectivity index (χ2n) is 4.36. The van der Waals surface area contributed by atoms with Crippen LogP contribution in [-0.4, -0.2) is 27.2 Å². The van der Waals surface area contributed by atoms with Crippen LogP contribution in [0.2, 0.25) is 0 Å². The highest BCUT2D eigenvalue weighted by Gasteiger charge is 2.47. The summed E-state index contributed by atoms with van der Waals surface area (Å²) in [6.45, 7) is 4.11. The third-order valence-electron chi connectivity index (χ3n) is 3.12. The second-order valence-corrected chi connectivity index (χ2v) is 4.36. The number of hydrogen-bond acceptors (Lipinski definition) is 4. The average Bonchev–Trinajstić information content (AvgIpc) is 2.19. The minimum absolute atomic E-state index is 0.0645. The quantitative estimate of drug-likeness (QED) is 0.737. The topological polar surface area (TPSA) is 58.0 Å². The van der Waals surface area contributed by atoms with Gasteiger partial charge in [0.1, 0.15) is 12.1 Å². The van der Waals surface area contributed by atoms with Crippen LogP contribution in [-0.2, 0) is 0 Å². The normalized spacial score (nSPS) is 29.4. The Morgan fingerprint density at radius 1 is 1.57 bits per heavy atom. The lowest BCUT2D eigenvalue weighted by atomic mass is 9.64. The van der Waals surface area contributed by atoms with E-state index in [0.717, 1.165) is 12.2 Å². The first kappa shape index (κ1) is 9.40. The van der Waals surface area contributed by atoms with Gasteiger partial charge < -0.3 is 10.4 Å². The summed E-state index contributed by atoms with van der Waals surface area (Å²) in [6.07, 6.45) is 3.81. The van der Waals surface area contributed by atoms with Gasteiger partial charge >= 0.3 is 0 Å². The molecule has 0 spiro atoms. The van der Waals surface area contributed by atoms with Crippen molar-refractivity contribution in [3.8, 4) is 0 Å². The molecule has 2 N–H and O–H groups in total. The van der Waals surface area contributed by atoms with Crippen LogP contribution in [0.3, 0.4) is 0 Å². The fourth-order valence-corrected chi connectivity index (χ4v) is 1.70. The standard InChI is InChI=1S/C10H15N3O/c1-10(2)7(5-8(10)14)13-9-3-4-11-6-12-9/h3-4,6-8,14H,5H2,1-2H3,(H,11,12,13). The summed E-state index contributed by atoms with van der Waals surface area (Å²) in [4.78, 5) is 7.93. The summed E-state index contributed by atoms with van der Waals surface area (Å²) >= 11 is 0. The Morgan fingerprint density at radius 2 is 2.36 bits per heavy atom. The number of nitrogens with zero attached hydrogens (tertiary/aromatic N) is 2. The van der Waals surface area contributed by atoms with E-state index in [1.165, 1.54) is 6.33 Å². The largest absolute Gasteiger partial charge is 0.392 e. The first-order valence-electron chi connectivity index (χ1n) is 4.81. The number of aliphatic hydroxyl groups excluding tert-OH is 1. The van der Waals surface area contributed by atoms with Gasteiger partial charge in [0.05, 0.1) is 6.10 Å². The average molecular weight is 193 g/mol. The maximum Gasteiger partial charge on any atom is 0.129 e. The molecule has 2 unspecified atom stereocenters. The van der Waals surface area contributed by atoms with E-state index in [2.05, 4.69) is 29.1 Å². The molecule has 0 aromatic carbocycles. The van der Waals surface area contributed by atoms with Crippen molar-refractivity contribution in [3.63, 3.8) is 0 Å². The van der Waals surface area contributed by atoms with Gasteiger partial charge in [0, 0.05) is 17.7 Å². The van der Waals surface area contributed by atoms with E-state index in [1.807, 2.05) is 6.07 Å². The van der Waals surface area contributed by atoms with Crippen LogP contribution in [0, 0.1) is 5.41 Å². The Balaban J connectivity index is 2.01. The maximum absolute atomic E-state index is 9.55. The van der Waals surface area contributed by atoms with Crippen molar-refractivity contribution in [3.05, 3.63) is 18.6 Å². The highest BCUT2D eigenvalue weighted by molar-refractivity contribution is 5.35. The first-order chi connectivity index (χ1) is 6.60. The zero-order valence-electron chi connectivity index (χ0n) is 8.44. The van der Waals surface area contributed by atoms with Crippen molar-refractivity contribution in [2.75, 3.05) is 5.32 Å². The first-order valence-corrected chi connectivity index (χ1v) is 4.81. The number of aromatic nitrogens is 2. The molecule has 76 valence electrons. The van der Waals surface area contributed by atoms with Crippen LogP contribution in [0.5, 0.6) is 0 Å². The van der Waals surface area contributed by atoms with Gasteiger partial charge in [-0.1, -0.05) is 13.8 Å². The van der Waals surface area contributed by atoms with Crippen LogP contribution >= 0.6 is 0 Å². The van der Waals surface area contributed by atoms with Crippen LogP contribution in [0.25, 0.3) is 0 Å². The molecule has 1 aliphatic carbocycles. The van der Waals surface area contributed by atoms with Crippen molar-refractivity contribution >= 4 is 5.82 Å². The number of nitrogens with one attached hydrogen (secondary N) is 1. The minimum atomic E-state index is -0.207. The molecule has 1 fully saturated rings. The number of hydrogen-bond donors (Lipinski definition) is 2. The van der Waals surface area contributed by atoms with Crippen molar-refractivity contribution in [1.82, 2.24) is 9.97 Å². The third kappa shape index (κ3) is 1.46. The number of anilines is 1. The molecule has 14 heavy (non-hydrogen) atoms. The number of rotatable bonds is 2. The SMILES string of the molecule is CC1(C)C(O)CC1Nc1ccncn1. The lowest BCUT2D eigenvalue weighted by Gasteiger charge is -2.49. The van der Waals surface area contributed by atoms with Crippen molar-refractivity contribution in [1.29, 1.82) is 0 Å². The highest BCUT2D eigenvalue weighted by Crippen LogP contribution is 2.41. The van der Waals surface area contributed by atoms with Gasteiger partial charge in [0.2, 0.25) is 0 Å². The lowest BCUT2D eigenvalue weighted by molar-refractivity contribution is -0.0511. The molecule has 1 aromatic rings. The van der Waals surface area contributed by atoms with Gasteiger partial charge in [-0.3, -0.25) is 0 Å². The molecule has 2 atom stereocenters. The van der Waals surface area contributed by atoms with Crippen LogP contribution in [0.15, 0.2) is 18.6 Å². The van der Waals surface area contributed by atoms with Crippen molar-refractivity contribution < 1.29 is 5.11 Å². The minimum Gasteiger partial charge on any atom is -0.392 e. The van der Waals surface area contributed by atoms with E-state index < -0.39 is 0 Å². The fraction of sp³-hybridized carbons (Fsp3) is 0.600. The summed E-state index contributed by atoms with van der Waals surface area (Å²) in [7, 11) is 0. The molecule has 2 rings (SSSR count). The van der Waals surface area contributed by atoms with E-state index >= 15 is 0 Å². The van der Waals surface area contributed by atoms with E-state index in [0.29, 0.717) is 6.04 Å². The van der Waals surface area contributed by atoms with Crippen molar-refractivity contribution in [2.24, 2.45) is 5.41 Å². The smallest absolute Gasteiger partial charge is 0.129 e. The van der Waals surface area contributed by atoms with Gasteiger partial charge in [-0.15, -0.1) is 0 Å². The van der Waals surface area contributed by atoms with Crippen LogP contribution < -0.4 is 5.32 Å². The predicted molar refractivity (Wildman–Crippen MR) is 53.8 cm³/mol. The molecule has 0 radical (unpaired) electrons.